The van der Waals surface area contributed by atoms with Crippen molar-refractivity contribution in [1.82, 2.24) is 10.6 Å². The van der Waals surface area contributed by atoms with Gasteiger partial charge in [0.25, 0.3) is 0 Å². The lowest BCUT2D eigenvalue weighted by Crippen LogP contribution is -2.45. The van der Waals surface area contributed by atoms with Crippen LogP contribution in [0.3, 0.4) is 0 Å². The summed E-state index contributed by atoms with van der Waals surface area (Å²) in [6.07, 6.45) is 0.598. The van der Waals surface area contributed by atoms with Gasteiger partial charge in [0.05, 0.1) is 7.11 Å². The fraction of sp³-hybridized carbons (Fsp3) is 0.263. The van der Waals surface area contributed by atoms with E-state index in [0.717, 1.165) is 17.0 Å². The van der Waals surface area contributed by atoms with Gasteiger partial charge in [-0.1, -0.05) is 30.3 Å². The van der Waals surface area contributed by atoms with Crippen molar-refractivity contribution in [3.63, 3.8) is 0 Å². The van der Waals surface area contributed by atoms with Gasteiger partial charge in [0.2, 0.25) is 5.91 Å². The van der Waals surface area contributed by atoms with Crippen LogP contribution in [0.25, 0.3) is 0 Å². The molecule has 1 heterocycles. The summed E-state index contributed by atoms with van der Waals surface area (Å²) in [7, 11) is 1.60. The van der Waals surface area contributed by atoms with Gasteiger partial charge >= 0.3 is 6.03 Å². The largest absolute Gasteiger partial charge is 0.497 e. The van der Waals surface area contributed by atoms with E-state index in [-0.39, 0.29) is 11.9 Å². The molecule has 2 N–H and O–H groups in total. The molecule has 0 aliphatic carbocycles. The Bertz CT molecular complexity index is 749. The molecule has 0 radical (unpaired) electrons. The summed E-state index contributed by atoms with van der Waals surface area (Å²) in [5.74, 6) is 0.659. The molecule has 1 aliphatic heterocycles. The first-order valence-electron chi connectivity index (χ1n) is 8.21. The lowest BCUT2D eigenvalue weighted by atomic mass is 10.2. The zero-order chi connectivity index (χ0) is 17.6. The monoisotopic (exact) mass is 339 g/mol. The number of para-hydroxylation sites is 1. The molecule has 0 saturated carbocycles. The van der Waals surface area contributed by atoms with Crippen LogP contribution in [0.4, 0.5) is 10.5 Å². The molecule has 25 heavy (non-hydrogen) atoms. The van der Waals surface area contributed by atoms with Gasteiger partial charge in [-0.15, -0.1) is 0 Å². The van der Waals surface area contributed by atoms with E-state index in [1.807, 2.05) is 54.6 Å². The van der Waals surface area contributed by atoms with Gasteiger partial charge in [-0.25, -0.2) is 4.79 Å². The van der Waals surface area contributed by atoms with Crippen LogP contribution >= 0.6 is 0 Å². The third kappa shape index (κ3) is 4.09. The summed E-state index contributed by atoms with van der Waals surface area (Å²) in [6.45, 7) is 0.968. The fourth-order valence-corrected chi connectivity index (χ4v) is 2.85. The van der Waals surface area contributed by atoms with Gasteiger partial charge in [-0.2, -0.15) is 0 Å². The van der Waals surface area contributed by atoms with Crippen molar-refractivity contribution in [1.29, 1.82) is 0 Å². The molecule has 1 atom stereocenters. The number of nitrogens with zero attached hydrogens (tertiary/aromatic N) is 1. The third-order valence-electron chi connectivity index (χ3n) is 4.17. The molecule has 1 aliphatic rings. The molecular weight excluding hydrogens is 318 g/mol. The molecule has 0 spiro atoms. The van der Waals surface area contributed by atoms with Gasteiger partial charge in [0.15, 0.2) is 0 Å². The number of carbonyl (C=O) groups is 2. The minimum atomic E-state index is -0.495. The van der Waals surface area contributed by atoms with E-state index in [1.54, 1.807) is 12.0 Å². The number of rotatable bonds is 5. The SMILES string of the molecule is COc1cccc(CNC(=O)NC2CCN(c3ccccc3)C2=O)c1. The van der Waals surface area contributed by atoms with Crippen molar-refractivity contribution in [2.75, 3.05) is 18.6 Å². The maximum absolute atomic E-state index is 12.5. The first-order chi connectivity index (χ1) is 12.2. The number of ether oxygens (including phenoxy) is 1. The number of urea groups is 1. The highest BCUT2D eigenvalue weighted by Crippen LogP contribution is 2.21. The minimum absolute atomic E-state index is 0.0808. The lowest BCUT2D eigenvalue weighted by Gasteiger charge is -2.17. The Morgan fingerprint density at radius 2 is 2.00 bits per heavy atom. The number of benzene rings is 2. The highest BCUT2D eigenvalue weighted by molar-refractivity contribution is 6.01. The highest BCUT2D eigenvalue weighted by Gasteiger charge is 2.33. The number of nitrogens with one attached hydrogen (secondary N) is 2. The summed E-state index contributed by atoms with van der Waals surface area (Å²) in [5, 5.41) is 5.53. The van der Waals surface area contributed by atoms with Crippen LogP contribution in [0.5, 0.6) is 5.75 Å². The van der Waals surface area contributed by atoms with Gasteiger partial charge in [0.1, 0.15) is 11.8 Å². The molecule has 1 fully saturated rings. The predicted molar refractivity (Wildman–Crippen MR) is 95.6 cm³/mol. The smallest absolute Gasteiger partial charge is 0.315 e. The summed E-state index contributed by atoms with van der Waals surface area (Å²) in [4.78, 5) is 26.3. The van der Waals surface area contributed by atoms with E-state index < -0.39 is 6.04 Å². The van der Waals surface area contributed by atoms with Crippen molar-refractivity contribution >= 4 is 17.6 Å². The molecule has 2 aromatic rings. The fourth-order valence-electron chi connectivity index (χ4n) is 2.85. The number of hydrogen-bond donors (Lipinski definition) is 2. The number of amides is 3. The van der Waals surface area contributed by atoms with Gasteiger partial charge in [-0.3, -0.25) is 4.79 Å². The number of anilines is 1. The van der Waals surface area contributed by atoms with Crippen LogP contribution in [-0.4, -0.2) is 31.6 Å². The molecular formula is C19H21N3O3. The van der Waals surface area contributed by atoms with E-state index >= 15 is 0 Å². The van der Waals surface area contributed by atoms with Crippen LogP contribution in [0.15, 0.2) is 54.6 Å². The normalized spacial score (nSPS) is 16.6. The molecule has 1 saturated heterocycles. The van der Waals surface area contributed by atoms with Crippen LogP contribution < -0.4 is 20.3 Å². The molecule has 3 rings (SSSR count). The van der Waals surface area contributed by atoms with Crippen LogP contribution in [0.2, 0.25) is 0 Å². The van der Waals surface area contributed by atoms with E-state index in [1.165, 1.54) is 0 Å². The Balaban J connectivity index is 1.52. The average Bonchev–Trinajstić information content (AvgIpc) is 3.01. The Hall–Kier alpha value is -3.02. The van der Waals surface area contributed by atoms with Crippen molar-refractivity contribution in [3.8, 4) is 5.75 Å². The minimum Gasteiger partial charge on any atom is -0.497 e. The summed E-state index contributed by atoms with van der Waals surface area (Å²) < 4.78 is 5.16. The highest BCUT2D eigenvalue weighted by atomic mass is 16.5. The second-order valence-corrected chi connectivity index (χ2v) is 5.85. The standard InChI is InChI=1S/C19H21N3O3/c1-25-16-9-5-6-14(12-16)13-20-19(24)21-17-10-11-22(18(17)23)15-7-3-2-4-8-15/h2-9,12,17H,10-11,13H2,1H3,(H2,20,21,24). The topological polar surface area (TPSA) is 70.7 Å². The van der Waals surface area contributed by atoms with Gasteiger partial charge < -0.3 is 20.3 Å². The molecule has 2 aromatic carbocycles. The van der Waals surface area contributed by atoms with Crippen molar-refractivity contribution in [2.45, 2.75) is 19.0 Å². The third-order valence-corrected chi connectivity index (χ3v) is 4.17. The quantitative estimate of drug-likeness (QED) is 0.878. The zero-order valence-corrected chi connectivity index (χ0v) is 14.1. The number of carbonyl (C=O) groups excluding carboxylic acids is 2. The van der Waals surface area contributed by atoms with E-state index in [4.69, 9.17) is 4.74 Å². The number of methoxy groups -OCH3 is 1. The second kappa shape index (κ2) is 7.70. The first-order valence-corrected chi connectivity index (χ1v) is 8.21. The van der Waals surface area contributed by atoms with Crippen LogP contribution in [0.1, 0.15) is 12.0 Å². The van der Waals surface area contributed by atoms with Crippen LogP contribution in [-0.2, 0) is 11.3 Å². The molecule has 3 amide bonds. The molecule has 0 aromatic heterocycles. The number of hydrogen-bond acceptors (Lipinski definition) is 3. The Morgan fingerprint density at radius 3 is 2.76 bits per heavy atom. The maximum atomic E-state index is 12.5. The molecule has 6 nitrogen and oxygen atoms in total. The predicted octanol–water partition coefficient (Wildman–Crippen LogP) is 2.30. The first kappa shape index (κ1) is 16.8. The summed E-state index contributed by atoms with van der Waals surface area (Å²) in [6, 6.07) is 16.1. The van der Waals surface area contributed by atoms with Gasteiger partial charge in [0, 0.05) is 18.8 Å². The van der Waals surface area contributed by atoms with E-state index in [9.17, 15) is 9.59 Å². The van der Waals surface area contributed by atoms with Gasteiger partial charge in [-0.05, 0) is 36.2 Å². The van der Waals surface area contributed by atoms with E-state index in [2.05, 4.69) is 10.6 Å². The molecule has 1 unspecified atom stereocenters. The van der Waals surface area contributed by atoms with Crippen molar-refractivity contribution in [3.05, 3.63) is 60.2 Å². The Kier molecular flexibility index (Phi) is 5.18. The molecule has 6 heteroatoms. The Labute approximate surface area is 146 Å². The van der Waals surface area contributed by atoms with Crippen LogP contribution in [0, 0.1) is 0 Å². The Morgan fingerprint density at radius 1 is 1.20 bits per heavy atom. The second-order valence-electron chi connectivity index (χ2n) is 5.85. The molecule has 130 valence electrons. The van der Waals surface area contributed by atoms with Crippen molar-refractivity contribution in [2.24, 2.45) is 0 Å². The maximum Gasteiger partial charge on any atom is 0.315 e. The molecule has 0 bridgehead atoms. The van der Waals surface area contributed by atoms with Crippen molar-refractivity contribution < 1.29 is 14.3 Å². The van der Waals surface area contributed by atoms with E-state index in [0.29, 0.717) is 19.5 Å². The summed E-state index contributed by atoms with van der Waals surface area (Å²) in [5.41, 5.74) is 1.78. The zero-order valence-electron chi connectivity index (χ0n) is 14.1. The summed E-state index contributed by atoms with van der Waals surface area (Å²) >= 11 is 0. The average molecular weight is 339 g/mol. The lowest BCUT2D eigenvalue weighted by molar-refractivity contribution is -0.118.